The SMILES string of the molecule is CCCCC[C@@H]1C=C[C@H](C(=O)NCC(C)C)[C@@H](C(=O)N2CCCCC2)[C@@H]1c1ccc2c(c1)OCO2. The van der Waals surface area contributed by atoms with E-state index in [0.717, 1.165) is 68.7 Å². The molecule has 0 unspecified atom stereocenters. The zero-order valence-electron chi connectivity index (χ0n) is 21.6. The summed E-state index contributed by atoms with van der Waals surface area (Å²) < 4.78 is 11.3. The van der Waals surface area contributed by atoms with Crippen molar-refractivity contribution in [3.05, 3.63) is 35.9 Å². The van der Waals surface area contributed by atoms with Crippen molar-refractivity contribution in [3.63, 3.8) is 0 Å². The number of likely N-dealkylation sites (tertiary alicyclic amines) is 1. The fourth-order valence-electron chi connectivity index (χ4n) is 5.78. The number of benzene rings is 1. The Morgan fingerprint density at radius 1 is 1.06 bits per heavy atom. The van der Waals surface area contributed by atoms with Gasteiger partial charge in [0, 0.05) is 25.6 Å². The van der Waals surface area contributed by atoms with E-state index in [4.69, 9.17) is 9.47 Å². The summed E-state index contributed by atoms with van der Waals surface area (Å²) in [5.74, 6) is 1.16. The molecule has 4 rings (SSSR count). The normalized spacial score (nSPS) is 25.7. The molecule has 0 saturated carbocycles. The van der Waals surface area contributed by atoms with Crippen LogP contribution in [-0.2, 0) is 9.59 Å². The molecule has 1 fully saturated rings. The summed E-state index contributed by atoms with van der Waals surface area (Å²) in [6.45, 7) is 8.80. The molecule has 1 aromatic rings. The van der Waals surface area contributed by atoms with E-state index >= 15 is 0 Å². The number of allylic oxidation sites excluding steroid dienone is 1. The first-order valence-electron chi connectivity index (χ1n) is 13.6. The molecule has 0 bridgehead atoms. The monoisotopic (exact) mass is 482 g/mol. The fraction of sp³-hybridized carbons (Fsp3) is 0.655. The van der Waals surface area contributed by atoms with E-state index in [2.05, 4.69) is 38.2 Å². The molecule has 1 aliphatic carbocycles. The summed E-state index contributed by atoms with van der Waals surface area (Å²) in [5.41, 5.74) is 1.07. The van der Waals surface area contributed by atoms with Crippen LogP contribution < -0.4 is 14.8 Å². The van der Waals surface area contributed by atoms with Crippen LogP contribution in [0.3, 0.4) is 0 Å². The first-order chi connectivity index (χ1) is 17.0. The van der Waals surface area contributed by atoms with Crippen LogP contribution in [0.2, 0.25) is 0 Å². The topological polar surface area (TPSA) is 67.9 Å². The highest BCUT2D eigenvalue weighted by molar-refractivity contribution is 5.90. The Balaban J connectivity index is 1.72. The van der Waals surface area contributed by atoms with Crippen LogP contribution in [0.15, 0.2) is 30.4 Å². The third-order valence-electron chi connectivity index (χ3n) is 7.66. The first-order valence-corrected chi connectivity index (χ1v) is 13.6. The van der Waals surface area contributed by atoms with Crippen LogP contribution in [0, 0.1) is 23.7 Å². The van der Waals surface area contributed by atoms with Gasteiger partial charge >= 0.3 is 0 Å². The van der Waals surface area contributed by atoms with Crippen molar-refractivity contribution in [3.8, 4) is 11.5 Å². The smallest absolute Gasteiger partial charge is 0.231 e. The van der Waals surface area contributed by atoms with E-state index in [1.54, 1.807) is 0 Å². The molecular weight excluding hydrogens is 440 g/mol. The second kappa shape index (κ2) is 12.0. The Kier molecular flexibility index (Phi) is 8.74. The minimum atomic E-state index is -0.471. The molecule has 192 valence electrons. The van der Waals surface area contributed by atoms with Crippen LogP contribution in [0.25, 0.3) is 0 Å². The Hall–Kier alpha value is -2.50. The number of piperidine rings is 1. The van der Waals surface area contributed by atoms with Gasteiger partial charge in [0.1, 0.15) is 0 Å². The summed E-state index contributed by atoms with van der Waals surface area (Å²) in [6, 6.07) is 6.07. The maximum Gasteiger partial charge on any atom is 0.231 e. The minimum Gasteiger partial charge on any atom is -0.454 e. The van der Waals surface area contributed by atoms with Gasteiger partial charge in [-0.25, -0.2) is 0 Å². The number of nitrogens with one attached hydrogen (secondary N) is 1. The number of nitrogens with zero attached hydrogens (tertiary/aromatic N) is 1. The van der Waals surface area contributed by atoms with Crippen molar-refractivity contribution in [2.75, 3.05) is 26.4 Å². The van der Waals surface area contributed by atoms with Gasteiger partial charge in [-0.05, 0) is 55.2 Å². The summed E-state index contributed by atoms with van der Waals surface area (Å²) in [7, 11) is 0. The van der Waals surface area contributed by atoms with E-state index < -0.39 is 11.8 Å². The number of amides is 2. The quantitative estimate of drug-likeness (QED) is 0.384. The molecule has 0 spiro atoms. The second-order valence-electron chi connectivity index (χ2n) is 10.8. The van der Waals surface area contributed by atoms with Crippen molar-refractivity contribution in [2.45, 2.75) is 71.6 Å². The standard InChI is InChI=1S/C29H42N2O4/c1-4-5-7-10-21-11-13-23(28(32)30-18-20(2)3)27(29(33)31-15-8-6-9-16-31)26(21)22-12-14-24-25(17-22)35-19-34-24/h11-14,17,20-21,23,26-27H,4-10,15-16,18-19H2,1-3H3,(H,30,32)/t21-,23+,26+,27-/m1/s1. The van der Waals surface area contributed by atoms with E-state index in [9.17, 15) is 9.59 Å². The Bertz CT molecular complexity index is 906. The lowest BCUT2D eigenvalue weighted by atomic mass is 9.65. The number of ether oxygens (including phenoxy) is 2. The number of carbonyl (C=O) groups is 2. The van der Waals surface area contributed by atoms with Crippen LogP contribution >= 0.6 is 0 Å². The third kappa shape index (κ3) is 6.02. The van der Waals surface area contributed by atoms with Crippen molar-refractivity contribution in [1.29, 1.82) is 0 Å². The van der Waals surface area contributed by atoms with E-state index in [1.807, 2.05) is 23.1 Å². The molecule has 2 aliphatic heterocycles. The summed E-state index contributed by atoms with van der Waals surface area (Å²) in [4.78, 5) is 29.6. The van der Waals surface area contributed by atoms with Gasteiger partial charge < -0.3 is 19.7 Å². The lowest BCUT2D eigenvalue weighted by Crippen LogP contribution is -2.50. The van der Waals surface area contributed by atoms with E-state index in [-0.39, 0.29) is 30.4 Å². The molecule has 35 heavy (non-hydrogen) atoms. The maximum atomic E-state index is 14.2. The predicted octanol–water partition coefficient (Wildman–Crippen LogP) is 5.28. The largest absolute Gasteiger partial charge is 0.454 e. The zero-order chi connectivity index (χ0) is 24.8. The Morgan fingerprint density at radius 2 is 1.83 bits per heavy atom. The second-order valence-corrected chi connectivity index (χ2v) is 10.8. The molecule has 1 aromatic carbocycles. The predicted molar refractivity (Wildman–Crippen MR) is 137 cm³/mol. The highest BCUT2D eigenvalue weighted by Gasteiger charge is 2.46. The number of fused-ring (bicyclic) bond motifs is 1. The highest BCUT2D eigenvalue weighted by Crippen LogP contribution is 2.47. The van der Waals surface area contributed by atoms with Gasteiger partial charge in [0.25, 0.3) is 0 Å². The van der Waals surface area contributed by atoms with Crippen molar-refractivity contribution in [1.82, 2.24) is 10.2 Å². The van der Waals surface area contributed by atoms with Gasteiger partial charge in [-0.2, -0.15) is 0 Å². The van der Waals surface area contributed by atoms with Crippen molar-refractivity contribution < 1.29 is 19.1 Å². The molecule has 2 amide bonds. The molecule has 1 N–H and O–H groups in total. The summed E-state index contributed by atoms with van der Waals surface area (Å²) in [6.07, 6.45) is 11.9. The molecule has 1 saturated heterocycles. The molecule has 6 heteroatoms. The van der Waals surface area contributed by atoms with Crippen LogP contribution in [0.5, 0.6) is 11.5 Å². The molecule has 0 radical (unpaired) electrons. The lowest BCUT2D eigenvalue weighted by molar-refractivity contribution is -0.143. The molecule has 6 nitrogen and oxygen atoms in total. The van der Waals surface area contributed by atoms with Gasteiger partial charge in [0.05, 0.1) is 11.8 Å². The molecular formula is C29H42N2O4. The summed E-state index contributed by atoms with van der Waals surface area (Å²) in [5, 5.41) is 3.11. The first kappa shape index (κ1) is 25.6. The van der Waals surface area contributed by atoms with Gasteiger partial charge in [-0.3, -0.25) is 9.59 Å². The lowest BCUT2D eigenvalue weighted by Gasteiger charge is -2.42. The van der Waals surface area contributed by atoms with Gasteiger partial charge in [0.2, 0.25) is 18.6 Å². The van der Waals surface area contributed by atoms with Gasteiger partial charge in [-0.15, -0.1) is 0 Å². The number of hydrogen-bond donors (Lipinski definition) is 1. The average molecular weight is 483 g/mol. The number of carbonyl (C=O) groups excluding carboxylic acids is 2. The number of unbranched alkanes of at least 4 members (excludes halogenated alkanes) is 2. The molecule has 4 atom stereocenters. The van der Waals surface area contributed by atoms with Gasteiger partial charge in [-0.1, -0.05) is 58.3 Å². The molecule has 0 aromatic heterocycles. The summed E-state index contributed by atoms with van der Waals surface area (Å²) >= 11 is 0. The zero-order valence-corrected chi connectivity index (χ0v) is 21.6. The van der Waals surface area contributed by atoms with E-state index in [0.29, 0.717) is 12.5 Å². The number of rotatable bonds is 9. The number of hydrogen-bond acceptors (Lipinski definition) is 4. The van der Waals surface area contributed by atoms with Gasteiger partial charge in [0.15, 0.2) is 11.5 Å². The van der Waals surface area contributed by atoms with Crippen LogP contribution in [-0.4, -0.2) is 43.1 Å². The Labute approximate surface area is 210 Å². The Morgan fingerprint density at radius 3 is 2.57 bits per heavy atom. The minimum absolute atomic E-state index is 0.0388. The maximum absolute atomic E-state index is 14.2. The molecule has 3 aliphatic rings. The van der Waals surface area contributed by atoms with Crippen LogP contribution in [0.1, 0.15) is 77.2 Å². The van der Waals surface area contributed by atoms with E-state index in [1.165, 1.54) is 6.42 Å². The van der Waals surface area contributed by atoms with Crippen molar-refractivity contribution in [2.24, 2.45) is 23.7 Å². The van der Waals surface area contributed by atoms with Crippen molar-refractivity contribution >= 4 is 11.8 Å². The fourth-order valence-corrected chi connectivity index (χ4v) is 5.78. The van der Waals surface area contributed by atoms with Crippen LogP contribution in [0.4, 0.5) is 0 Å². The molecule has 2 heterocycles. The third-order valence-corrected chi connectivity index (χ3v) is 7.66. The highest BCUT2D eigenvalue weighted by atomic mass is 16.7. The average Bonchev–Trinajstić information content (AvgIpc) is 3.35.